The number of carbonyl (C=O) groups is 1. The quantitative estimate of drug-likeness (QED) is 0.356. The lowest BCUT2D eigenvalue weighted by Crippen LogP contribution is -2.15. The summed E-state index contributed by atoms with van der Waals surface area (Å²) in [6, 6.07) is 15.1. The van der Waals surface area contributed by atoms with E-state index < -0.39 is 10.0 Å². The molecular weight excluding hydrogens is 495 g/mol. The zero-order chi connectivity index (χ0) is 23.9. The molecule has 34 heavy (non-hydrogen) atoms. The first-order chi connectivity index (χ1) is 16.3. The van der Waals surface area contributed by atoms with Crippen molar-refractivity contribution in [1.82, 2.24) is 9.97 Å². The maximum Gasteiger partial charge on any atom is 0.263 e. The average molecular weight is 513 g/mol. The summed E-state index contributed by atoms with van der Waals surface area (Å²) in [5.74, 6) is -0.0429. The minimum absolute atomic E-state index is 0.0379. The van der Waals surface area contributed by atoms with E-state index in [1.54, 1.807) is 30.6 Å². The van der Waals surface area contributed by atoms with Crippen molar-refractivity contribution in [1.29, 1.82) is 0 Å². The summed E-state index contributed by atoms with van der Waals surface area (Å²) in [6.45, 7) is 0. The number of benzene rings is 2. The molecule has 1 fully saturated rings. The summed E-state index contributed by atoms with van der Waals surface area (Å²) in [6.07, 6.45) is 5.35. The minimum atomic E-state index is -3.79. The van der Waals surface area contributed by atoms with Crippen molar-refractivity contribution >= 4 is 61.4 Å². The summed E-state index contributed by atoms with van der Waals surface area (Å²) >= 11 is 12.0. The van der Waals surface area contributed by atoms with Gasteiger partial charge in [-0.2, -0.15) is 0 Å². The van der Waals surface area contributed by atoms with Gasteiger partial charge in [-0.3, -0.25) is 14.5 Å². The van der Waals surface area contributed by atoms with E-state index in [1.165, 1.54) is 24.4 Å². The van der Waals surface area contributed by atoms with Crippen molar-refractivity contribution in [3.05, 3.63) is 88.8 Å². The van der Waals surface area contributed by atoms with E-state index in [4.69, 9.17) is 23.2 Å². The Labute approximate surface area is 206 Å². The summed E-state index contributed by atoms with van der Waals surface area (Å²) in [7, 11) is -3.79. The fourth-order valence-corrected chi connectivity index (χ4v) is 5.16. The van der Waals surface area contributed by atoms with Gasteiger partial charge in [0.2, 0.25) is 5.91 Å². The summed E-state index contributed by atoms with van der Waals surface area (Å²) in [4.78, 5) is 20.9. The number of nitrogens with zero attached hydrogens (tertiary/aromatic N) is 2. The van der Waals surface area contributed by atoms with Crippen LogP contribution in [-0.4, -0.2) is 24.3 Å². The number of nitrogens with one attached hydrogen (secondary N) is 2. The molecule has 0 spiro atoms. The first kappa shape index (κ1) is 22.6. The smallest absolute Gasteiger partial charge is 0.263 e. The van der Waals surface area contributed by atoms with Gasteiger partial charge in [0.25, 0.3) is 10.0 Å². The third kappa shape index (κ3) is 4.70. The zero-order valence-electron chi connectivity index (χ0n) is 17.6. The molecule has 1 aliphatic carbocycles. The highest BCUT2D eigenvalue weighted by Crippen LogP contribution is 2.48. The van der Waals surface area contributed by atoms with E-state index >= 15 is 0 Å². The monoisotopic (exact) mass is 512 g/mol. The van der Waals surface area contributed by atoms with Crippen molar-refractivity contribution in [2.45, 2.75) is 17.2 Å². The number of fused-ring (bicyclic) bond motifs is 1. The second-order valence-corrected chi connectivity index (χ2v) is 10.6. The Hall–Kier alpha value is -3.20. The lowest BCUT2D eigenvalue weighted by atomic mass is 10.1. The Morgan fingerprint density at radius 3 is 2.50 bits per heavy atom. The minimum Gasteiger partial charge on any atom is -0.326 e. The molecule has 0 radical (unpaired) electrons. The molecule has 5 rings (SSSR count). The van der Waals surface area contributed by atoms with Gasteiger partial charge in [0, 0.05) is 41.0 Å². The highest BCUT2D eigenvalue weighted by molar-refractivity contribution is 7.92. The van der Waals surface area contributed by atoms with E-state index in [2.05, 4.69) is 20.0 Å². The van der Waals surface area contributed by atoms with Crippen molar-refractivity contribution in [3.63, 3.8) is 0 Å². The van der Waals surface area contributed by atoms with Crippen LogP contribution < -0.4 is 10.0 Å². The highest BCUT2D eigenvalue weighted by atomic mass is 35.5. The summed E-state index contributed by atoms with van der Waals surface area (Å²) in [5, 5.41) is 5.60. The van der Waals surface area contributed by atoms with Gasteiger partial charge >= 0.3 is 0 Å². The third-order valence-electron chi connectivity index (χ3n) is 5.69. The molecule has 4 aromatic rings. The fourth-order valence-electron chi connectivity index (χ4n) is 3.82. The van der Waals surface area contributed by atoms with Crippen LogP contribution in [0.2, 0.25) is 10.0 Å². The number of hydrogen-bond donors (Lipinski definition) is 2. The summed E-state index contributed by atoms with van der Waals surface area (Å²) < 4.78 is 27.7. The van der Waals surface area contributed by atoms with Crippen LogP contribution in [0, 0.1) is 5.92 Å². The molecule has 10 heteroatoms. The van der Waals surface area contributed by atoms with Crippen LogP contribution >= 0.6 is 23.2 Å². The van der Waals surface area contributed by atoms with Gasteiger partial charge in [0.05, 0.1) is 14.9 Å². The van der Waals surface area contributed by atoms with Crippen LogP contribution in [0.1, 0.15) is 17.9 Å². The highest BCUT2D eigenvalue weighted by Gasteiger charge is 2.44. The van der Waals surface area contributed by atoms with E-state index in [-0.39, 0.29) is 28.5 Å². The van der Waals surface area contributed by atoms with Crippen LogP contribution in [0.15, 0.2) is 78.1 Å². The number of carbonyl (C=O) groups excluding carboxylic acids is 1. The predicted octanol–water partition coefficient (Wildman–Crippen LogP) is 5.48. The number of anilines is 2. The van der Waals surface area contributed by atoms with Gasteiger partial charge in [-0.15, -0.1) is 0 Å². The molecule has 2 heterocycles. The molecular formula is C24H18Cl2N4O3S. The second kappa shape index (κ2) is 8.87. The Kier molecular flexibility index (Phi) is 5.89. The van der Waals surface area contributed by atoms with E-state index in [0.717, 1.165) is 16.3 Å². The van der Waals surface area contributed by atoms with Crippen LogP contribution in [0.5, 0.6) is 0 Å². The van der Waals surface area contributed by atoms with Crippen LogP contribution in [0.25, 0.3) is 10.8 Å². The maximum absolute atomic E-state index is 12.8. The van der Waals surface area contributed by atoms with E-state index in [0.29, 0.717) is 22.2 Å². The Balaban J connectivity index is 1.24. The normalized spacial score (nSPS) is 17.4. The Morgan fingerprint density at radius 2 is 1.76 bits per heavy atom. The molecule has 2 aromatic carbocycles. The van der Waals surface area contributed by atoms with Crippen molar-refractivity contribution in [3.8, 4) is 0 Å². The number of sulfonamides is 1. The number of hydrogen-bond acceptors (Lipinski definition) is 5. The molecule has 2 atom stereocenters. The molecule has 1 saturated carbocycles. The fraction of sp³-hybridized carbons (Fsp3) is 0.125. The third-order valence-corrected chi connectivity index (χ3v) is 7.59. The number of pyridine rings is 2. The molecule has 172 valence electrons. The molecule has 0 saturated heterocycles. The van der Waals surface area contributed by atoms with Crippen LogP contribution in [0.3, 0.4) is 0 Å². The van der Waals surface area contributed by atoms with E-state index in [9.17, 15) is 13.2 Å². The van der Waals surface area contributed by atoms with Gasteiger partial charge in [0.15, 0.2) is 0 Å². The number of halogens is 2. The predicted molar refractivity (Wildman–Crippen MR) is 133 cm³/mol. The molecule has 0 aliphatic heterocycles. The van der Waals surface area contributed by atoms with Crippen molar-refractivity contribution < 1.29 is 13.2 Å². The SMILES string of the molecule is O=C(Nc1ccc2cncc(Cl)c2c1)[C@@H]1C[C@H]1c1ccc(S(=O)(=O)Nc2ccc(Cl)cn2)cc1. The molecule has 7 nitrogen and oxygen atoms in total. The zero-order valence-corrected chi connectivity index (χ0v) is 19.9. The van der Waals surface area contributed by atoms with Gasteiger partial charge in [-0.25, -0.2) is 13.4 Å². The molecule has 2 N–H and O–H groups in total. The average Bonchev–Trinajstić information content (AvgIpc) is 3.62. The molecule has 0 unspecified atom stereocenters. The largest absolute Gasteiger partial charge is 0.326 e. The Bertz CT molecular complexity index is 1490. The lowest BCUT2D eigenvalue weighted by molar-refractivity contribution is -0.117. The Morgan fingerprint density at radius 1 is 0.971 bits per heavy atom. The van der Waals surface area contributed by atoms with Gasteiger partial charge in [-0.05, 0) is 54.3 Å². The second-order valence-electron chi connectivity index (χ2n) is 8.03. The molecule has 2 aromatic heterocycles. The van der Waals surface area contributed by atoms with Gasteiger partial charge in [0.1, 0.15) is 5.82 Å². The van der Waals surface area contributed by atoms with Crippen LogP contribution in [0.4, 0.5) is 11.5 Å². The van der Waals surface area contributed by atoms with E-state index in [1.807, 2.05) is 18.2 Å². The number of rotatable bonds is 6. The molecule has 1 amide bonds. The van der Waals surface area contributed by atoms with Crippen molar-refractivity contribution in [2.75, 3.05) is 10.0 Å². The topological polar surface area (TPSA) is 101 Å². The molecule has 0 bridgehead atoms. The lowest BCUT2D eigenvalue weighted by Gasteiger charge is -2.09. The first-order valence-corrected chi connectivity index (χ1v) is 12.6. The standard InChI is InChI=1S/C24H18Cl2N4O3S/c25-16-4-8-23(28-12-16)30-34(32,33)18-6-2-14(3-7-18)19-10-21(19)24(31)29-17-5-1-15-11-27-13-22(26)20(15)9-17/h1-9,11-13,19,21H,10H2,(H,28,30)(H,29,31)/t19-,21+/m0/s1. The number of aromatic nitrogens is 2. The first-order valence-electron chi connectivity index (χ1n) is 10.4. The van der Waals surface area contributed by atoms with Gasteiger partial charge < -0.3 is 5.32 Å². The van der Waals surface area contributed by atoms with Crippen molar-refractivity contribution in [2.24, 2.45) is 5.92 Å². The van der Waals surface area contributed by atoms with Gasteiger partial charge in [-0.1, -0.05) is 41.4 Å². The van der Waals surface area contributed by atoms with Crippen LogP contribution in [-0.2, 0) is 14.8 Å². The number of amides is 1. The summed E-state index contributed by atoms with van der Waals surface area (Å²) in [5.41, 5.74) is 1.58. The maximum atomic E-state index is 12.8. The molecule has 1 aliphatic rings.